The first-order valence-electron chi connectivity index (χ1n) is 6.13. The summed E-state index contributed by atoms with van der Waals surface area (Å²) in [6.07, 6.45) is 0. The Morgan fingerprint density at radius 1 is 1.21 bits per heavy atom. The maximum atomic E-state index is 11.9. The lowest BCUT2D eigenvalue weighted by Crippen LogP contribution is -2.15. The molecule has 3 heterocycles. The minimum Gasteiger partial charge on any atom is -0.453 e. The molecule has 5 heteroatoms. The number of benzene rings is 1. The van der Waals surface area contributed by atoms with E-state index in [0.29, 0.717) is 24.7 Å². The van der Waals surface area contributed by atoms with E-state index in [0.717, 1.165) is 22.2 Å². The van der Waals surface area contributed by atoms with Crippen LogP contribution in [-0.4, -0.2) is 9.97 Å². The topological polar surface area (TPSA) is 70.9 Å². The Balaban J connectivity index is 1.92. The number of fused-ring (bicyclic) bond motifs is 2. The Hall–Kier alpha value is -2.40. The molecular weight excluding hydrogens is 242 g/mol. The normalized spacial score (nSPS) is 13.9. The number of hydrogen-bond acceptors (Lipinski definition) is 4. The molecule has 0 fully saturated rings. The van der Waals surface area contributed by atoms with Crippen molar-refractivity contribution in [2.45, 2.75) is 13.1 Å². The molecule has 4 rings (SSSR count). The van der Waals surface area contributed by atoms with Gasteiger partial charge in [-0.05, 0) is 12.1 Å². The third kappa shape index (κ3) is 1.59. The number of aromatic nitrogens is 2. The van der Waals surface area contributed by atoms with Crippen molar-refractivity contribution in [1.82, 2.24) is 15.3 Å². The quantitative estimate of drug-likeness (QED) is 0.693. The van der Waals surface area contributed by atoms with E-state index < -0.39 is 0 Å². The van der Waals surface area contributed by atoms with Crippen molar-refractivity contribution in [2.75, 3.05) is 0 Å². The Morgan fingerprint density at radius 3 is 3.00 bits per heavy atom. The van der Waals surface area contributed by atoms with Crippen LogP contribution >= 0.6 is 0 Å². The fourth-order valence-electron chi connectivity index (χ4n) is 2.39. The molecule has 1 aliphatic rings. The van der Waals surface area contributed by atoms with Crippen LogP contribution in [0.1, 0.15) is 11.3 Å². The molecule has 3 aromatic rings. The second-order valence-corrected chi connectivity index (χ2v) is 4.59. The summed E-state index contributed by atoms with van der Waals surface area (Å²) < 4.78 is 5.72. The van der Waals surface area contributed by atoms with E-state index in [9.17, 15) is 4.79 Å². The zero-order chi connectivity index (χ0) is 12.8. The first kappa shape index (κ1) is 10.5. The van der Waals surface area contributed by atoms with Crippen molar-refractivity contribution in [3.8, 4) is 11.6 Å². The summed E-state index contributed by atoms with van der Waals surface area (Å²) in [6.45, 7) is 1.21. The van der Waals surface area contributed by atoms with Crippen molar-refractivity contribution in [1.29, 1.82) is 0 Å². The van der Waals surface area contributed by atoms with Gasteiger partial charge in [-0.25, -0.2) is 4.98 Å². The van der Waals surface area contributed by atoms with Gasteiger partial charge in [0.15, 0.2) is 11.6 Å². The predicted octanol–water partition coefficient (Wildman–Crippen LogP) is 1.79. The van der Waals surface area contributed by atoms with Gasteiger partial charge in [-0.15, -0.1) is 0 Å². The number of rotatable bonds is 1. The number of aromatic amines is 1. The smallest absolute Gasteiger partial charge is 0.256 e. The van der Waals surface area contributed by atoms with E-state index in [4.69, 9.17) is 4.42 Å². The highest BCUT2D eigenvalue weighted by molar-refractivity contribution is 5.81. The second-order valence-electron chi connectivity index (χ2n) is 4.59. The minimum atomic E-state index is -0.0922. The average molecular weight is 253 g/mol. The summed E-state index contributed by atoms with van der Waals surface area (Å²) in [6, 6.07) is 9.62. The molecule has 1 aliphatic heterocycles. The molecule has 5 nitrogen and oxygen atoms in total. The lowest BCUT2D eigenvalue weighted by Gasteiger charge is -1.99. The summed E-state index contributed by atoms with van der Waals surface area (Å²) in [5, 5.41) is 4.12. The Labute approximate surface area is 108 Å². The van der Waals surface area contributed by atoms with Crippen molar-refractivity contribution in [3.63, 3.8) is 0 Å². The van der Waals surface area contributed by atoms with Crippen LogP contribution < -0.4 is 10.9 Å². The van der Waals surface area contributed by atoms with Crippen LogP contribution in [0.25, 0.3) is 22.6 Å². The number of furan rings is 1. The van der Waals surface area contributed by atoms with Gasteiger partial charge in [-0.1, -0.05) is 18.2 Å². The molecule has 94 valence electrons. The van der Waals surface area contributed by atoms with Gasteiger partial charge in [0.25, 0.3) is 5.56 Å². The van der Waals surface area contributed by atoms with Crippen LogP contribution in [-0.2, 0) is 13.1 Å². The molecule has 1 aromatic carbocycles. The third-order valence-electron chi connectivity index (χ3n) is 3.35. The van der Waals surface area contributed by atoms with E-state index >= 15 is 0 Å². The van der Waals surface area contributed by atoms with Crippen LogP contribution in [0.5, 0.6) is 0 Å². The molecule has 0 saturated carbocycles. The lowest BCUT2D eigenvalue weighted by atomic mass is 10.2. The van der Waals surface area contributed by atoms with E-state index in [1.165, 1.54) is 0 Å². The predicted molar refractivity (Wildman–Crippen MR) is 70.6 cm³/mol. The van der Waals surface area contributed by atoms with Crippen LogP contribution in [0.4, 0.5) is 0 Å². The molecule has 2 N–H and O–H groups in total. The summed E-state index contributed by atoms with van der Waals surface area (Å²) in [5.41, 5.74) is 2.23. The van der Waals surface area contributed by atoms with E-state index in [2.05, 4.69) is 15.3 Å². The van der Waals surface area contributed by atoms with Crippen molar-refractivity contribution in [3.05, 3.63) is 51.9 Å². The van der Waals surface area contributed by atoms with E-state index in [-0.39, 0.29) is 5.56 Å². The highest BCUT2D eigenvalue weighted by atomic mass is 16.3. The maximum Gasteiger partial charge on any atom is 0.256 e. The molecule has 0 unspecified atom stereocenters. The number of hydrogen-bond donors (Lipinski definition) is 2. The minimum absolute atomic E-state index is 0.0922. The van der Waals surface area contributed by atoms with Gasteiger partial charge in [0.05, 0.1) is 11.3 Å². The Morgan fingerprint density at radius 2 is 2.11 bits per heavy atom. The first-order valence-corrected chi connectivity index (χ1v) is 6.13. The maximum absolute atomic E-state index is 11.9. The third-order valence-corrected chi connectivity index (χ3v) is 3.35. The zero-order valence-corrected chi connectivity index (χ0v) is 10.1. The molecule has 0 spiro atoms. The zero-order valence-electron chi connectivity index (χ0n) is 10.1. The summed E-state index contributed by atoms with van der Waals surface area (Å²) >= 11 is 0. The molecule has 0 amide bonds. The number of nitrogens with one attached hydrogen (secondary N) is 2. The molecule has 19 heavy (non-hydrogen) atoms. The first-order chi connectivity index (χ1) is 9.31. The van der Waals surface area contributed by atoms with Gasteiger partial charge < -0.3 is 14.7 Å². The summed E-state index contributed by atoms with van der Waals surface area (Å²) in [7, 11) is 0. The van der Waals surface area contributed by atoms with Crippen LogP contribution in [0.15, 0.2) is 39.5 Å². The van der Waals surface area contributed by atoms with Crippen molar-refractivity contribution < 1.29 is 4.42 Å². The Kier molecular flexibility index (Phi) is 2.10. The number of para-hydroxylation sites is 1. The largest absolute Gasteiger partial charge is 0.453 e. The monoisotopic (exact) mass is 253 g/mol. The van der Waals surface area contributed by atoms with Crippen LogP contribution in [0, 0.1) is 0 Å². The van der Waals surface area contributed by atoms with Gasteiger partial charge in [-0.3, -0.25) is 4.79 Å². The summed E-state index contributed by atoms with van der Waals surface area (Å²) in [5.74, 6) is 1.08. The number of H-pyrrole nitrogens is 1. The standard InChI is InChI=1S/C14H11N3O2/c18-14-9-6-15-7-10(9)16-13(17-14)12-5-8-3-1-2-4-11(8)19-12/h1-5,15H,6-7H2,(H,16,17,18). The highest BCUT2D eigenvalue weighted by Crippen LogP contribution is 2.25. The SMILES string of the molecule is O=c1[nH]c(-c2cc3ccccc3o2)nc2c1CNC2. The van der Waals surface area contributed by atoms with Gasteiger partial charge in [0.2, 0.25) is 0 Å². The van der Waals surface area contributed by atoms with Gasteiger partial charge in [0, 0.05) is 18.5 Å². The van der Waals surface area contributed by atoms with E-state index in [1.54, 1.807) is 0 Å². The molecule has 0 atom stereocenters. The van der Waals surface area contributed by atoms with Gasteiger partial charge in [0.1, 0.15) is 5.58 Å². The number of nitrogens with zero attached hydrogens (tertiary/aromatic N) is 1. The van der Waals surface area contributed by atoms with Gasteiger partial charge >= 0.3 is 0 Å². The van der Waals surface area contributed by atoms with Gasteiger partial charge in [-0.2, -0.15) is 0 Å². The molecule has 0 radical (unpaired) electrons. The van der Waals surface area contributed by atoms with Crippen LogP contribution in [0.2, 0.25) is 0 Å². The second kappa shape index (κ2) is 3.80. The highest BCUT2D eigenvalue weighted by Gasteiger charge is 2.18. The van der Waals surface area contributed by atoms with Crippen LogP contribution in [0.3, 0.4) is 0 Å². The molecule has 2 aromatic heterocycles. The molecule has 0 aliphatic carbocycles. The molecule has 0 saturated heterocycles. The van der Waals surface area contributed by atoms with Crippen molar-refractivity contribution in [2.24, 2.45) is 0 Å². The van der Waals surface area contributed by atoms with Crippen molar-refractivity contribution >= 4 is 11.0 Å². The lowest BCUT2D eigenvalue weighted by molar-refractivity contribution is 0.624. The molecular formula is C14H11N3O2. The molecule has 0 bridgehead atoms. The van der Waals surface area contributed by atoms with E-state index in [1.807, 2.05) is 30.3 Å². The average Bonchev–Trinajstić information content (AvgIpc) is 3.04. The Bertz CT molecular complexity index is 799. The fraction of sp³-hybridized carbons (Fsp3) is 0.143. The summed E-state index contributed by atoms with van der Waals surface area (Å²) in [4.78, 5) is 19.2. The fourth-order valence-corrected chi connectivity index (χ4v) is 2.39.